The first-order valence-electron chi connectivity index (χ1n) is 12.2. The van der Waals surface area contributed by atoms with Gasteiger partial charge in [0.15, 0.2) is 0 Å². The molecular weight excluding hydrogens is 423 g/mol. The van der Waals surface area contributed by atoms with Gasteiger partial charge in [-0.25, -0.2) is 9.40 Å². The lowest BCUT2D eigenvalue weighted by molar-refractivity contribution is -0.134. The average Bonchev–Trinajstić information content (AvgIpc) is 2.78. The molecule has 4 fully saturated rings. The van der Waals surface area contributed by atoms with Crippen molar-refractivity contribution >= 4 is 23.2 Å². The molecule has 8 nitrogen and oxygen atoms in total. The first-order chi connectivity index (χ1) is 15.8. The zero-order valence-corrected chi connectivity index (χ0v) is 19.4. The van der Waals surface area contributed by atoms with Gasteiger partial charge in [-0.15, -0.1) is 0 Å². The topological polar surface area (TPSA) is 85.2 Å². The highest BCUT2D eigenvalue weighted by Crippen LogP contribution is 2.43. The van der Waals surface area contributed by atoms with Crippen molar-refractivity contribution in [3.8, 4) is 0 Å². The van der Waals surface area contributed by atoms with Crippen molar-refractivity contribution in [1.82, 2.24) is 15.2 Å². The molecule has 5 rings (SSSR count). The van der Waals surface area contributed by atoms with Gasteiger partial charge in [-0.05, 0) is 55.7 Å². The second kappa shape index (κ2) is 8.85. The fraction of sp³-hybridized carbons (Fsp3) is 0.667. The summed E-state index contributed by atoms with van der Waals surface area (Å²) in [5.41, 5.74) is 1.67. The van der Waals surface area contributed by atoms with E-state index in [1.54, 1.807) is 11.9 Å². The molecule has 0 bridgehead atoms. The van der Waals surface area contributed by atoms with Crippen LogP contribution in [-0.4, -0.2) is 80.1 Å². The molecule has 4 aliphatic rings. The molecule has 1 atom stereocenters. The van der Waals surface area contributed by atoms with Gasteiger partial charge < -0.3 is 9.80 Å². The molecule has 1 aromatic rings. The molecule has 2 amide bonds. The number of hydrogen-bond acceptors (Lipinski definition) is 7. The van der Waals surface area contributed by atoms with E-state index in [0.29, 0.717) is 35.7 Å². The molecule has 0 aliphatic carbocycles. The molecule has 0 aromatic heterocycles. The van der Waals surface area contributed by atoms with Crippen molar-refractivity contribution in [2.45, 2.75) is 50.6 Å². The molecule has 4 aliphatic heterocycles. The molecule has 0 radical (unpaired) electrons. The summed E-state index contributed by atoms with van der Waals surface area (Å²) in [7, 11) is 1.78. The number of hydrazine groups is 1. The number of imide groups is 1. The Hall–Kier alpha value is -2.23. The highest BCUT2D eigenvalue weighted by molar-refractivity contribution is 6.01. The fourth-order valence-electron chi connectivity index (χ4n) is 6.07. The van der Waals surface area contributed by atoms with Gasteiger partial charge in [0.25, 0.3) is 0 Å². The highest BCUT2D eigenvalue weighted by atomic mass is 19.1. The van der Waals surface area contributed by atoms with E-state index < -0.39 is 6.04 Å². The third-order valence-electron chi connectivity index (χ3n) is 8.27. The van der Waals surface area contributed by atoms with Crippen LogP contribution >= 0.6 is 0 Å². The Bertz CT molecular complexity index is 902. The number of nitrogens with zero attached hydrogens (tertiary/aromatic N) is 4. The highest BCUT2D eigenvalue weighted by Gasteiger charge is 2.47. The van der Waals surface area contributed by atoms with E-state index >= 15 is 4.39 Å². The second-order valence-electron chi connectivity index (χ2n) is 10.4. The Morgan fingerprint density at radius 2 is 1.79 bits per heavy atom. The predicted molar refractivity (Wildman–Crippen MR) is 125 cm³/mol. The summed E-state index contributed by atoms with van der Waals surface area (Å²) in [5, 5.41) is 4.29. The molecule has 1 unspecified atom stereocenters. The molecule has 4 heterocycles. The van der Waals surface area contributed by atoms with Crippen molar-refractivity contribution in [1.29, 1.82) is 0 Å². The number of piperidine rings is 3. The van der Waals surface area contributed by atoms with Gasteiger partial charge in [0.1, 0.15) is 11.9 Å². The van der Waals surface area contributed by atoms with Crippen LogP contribution in [0.4, 0.5) is 15.8 Å². The first-order valence-corrected chi connectivity index (χ1v) is 12.2. The molecule has 0 saturated carbocycles. The average molecular weight is 459 g/mol. The van der Waals surface area contributed by atoms with Crippen LogP contribution in [0.25, 0.3) is 0 Å². The number of nitrogens with one attached hydrogen (secondary N) is 1. The van der Waals surface area contributed by atoms with Crippen molar-refractivity contribution in [2.75, 3.05) is 56.1 Å². The van der Waals surface area contributed by atoms with E-state index in [-0.39, 0.29) is 17.6 Å². The Morgan fingerprint density at radius 3 is 2.42 bits per heavy atom. The SMILES string of the molecule is CN(c1ccc(N2CCC3(CC2)CN(C2CCN(N)CC2)C3)c(F)c1)C1CCC(=O)NC1=O. The minimum absolute atomic E-state index is 0.246. The zero-order chi connectivity index (χ0) is 23.2. The normalized spacial score (nSPS) is 26.9. The lowest BCUT2D eigenvalue weighted by atomic mass is 9.71. The Balaban J connectivity index is 1.16. The predicted octanol–water partition coefficient (Wildman–Crippen LogP) is 1.31. The van der Waals surface area contributed by atoms with Gasteiger partial charge in [-0.1, -0.05) is 0 Å². The number of hydrogen-bond donors (Lipinski definition) is 2. The van der Waals surface area contributed by atoms with E-state index in [1.807, 2.05) is 17.1 Å². The zero-order valence-electron chi connectivity index (χ0n) is 19.4. The molecule has 1 aromatic carbocycles. The molecule has 3 N–H and O–H groups in total. The largest absolute Gasteiger partial charge is 0.369 e. The molecule has 9 heteroatoms. The number of halogens is 1. The van der Waals surface area contributed by atoms with Crippen LogP contribution in [0.3, 0.4) is 0 Å². The monoisotopic (exact) mass is 458 g/mol. The number of anilines is 2. The van der Waals surface area contributed by atoms with Gasteiger partial charge >= 0.3 is 0 Å². The summed E-state index contributed by atoms with van der Waals surface area (Å²) < 4.78 is 15.1. The van der Waals surface area contributed by atoms with Gasteiger partial charge in [-0.3, -0.25) is 25.6 Å². The summed E-state index contributed by atoms with van der Waals surface area (Å²) >= 11 is 0. The maximum absolute atomic E-state index is 15.1. The van der Waals surface area contributed by atoms with Gasteiger partial charge in [0.05, 0.1) is 5.69 Å². The van der Waals surface area contributed by atoms with Crippen molar-refractivity contribution in [2.24, 2.45) is 11.3 Å². The summed E-state index contributed by atoms with van der Waals surface area (Å²) in [6.45, 7) is 6.02. The second-order valence-corrected chi connectivity index (χ2v) is 10.4. The molecule has 4 saturated heterocycles. The number of likely N-dealkylation sites (tertiary alicyclic amines) is 1. The number of rotatable bonds is 4. The third kappa shape index (κ3) is 4.46. The van der Waals surface area contributed by atoms with Crippen LogP contribution in [0.5, 0.6) is 0 Å². The van der Waals surface area contributed by atoms with Crippen molar-refractivity contribution < 1.29 is 14.0 Å². The first kappa shape index (κ1) is 22.6. The third-order valence-corrected chi connectivity index (χ3v) is 8.27. The lowest BCUT2D eigenvalue weighted by Crippen LogP contribution is -2.64. The standard InChI is InChI=1S/C24H35FN6O2/c1-28(21-4-5-22(32)27-23(21)33)18-2-3-20(19(25)14-18)29-12-8-24(9-13-29)15-30(16-24)17-6-10-31(26)11-7-17/h2-3,14,17,21H,4-13,15-16,26H2,1H3,(H,27,32,33). The molecule has 33 heavy (non-hydrogen) atoms. The number of likely N-dealkylation sites (N-methyl/N-ethyl adjacent to an activating group) is 1. The Labute approximate surface area is 194 Å². The van der Waals surface area contributed by atoms with Crippen LogP contribution in [0, 0.1) is 11.2 Å². The van der Waals surface area contributed by atoms with Crippen molar-refractivity contribution in [3.05, 3.63) is 24.0 Å². The minimum atomic E-state index is -0.457. The van der Waals surface area contributed by atoms with E-state index in [9.17, 15) is 9.59 Å². The molecule has 180 valence electrons. The Morgan fingerprint density at radius 1 is 1.09 bits per heavy atom. The number of benzene rings is 1. The van der Waals surface area contributed by atoms with Crippen LogP contribution < -0.4 is 21.0 Å². The maximum Gasteiger partial charge on any atom is 0.249 e. The minimum Gasteiger partial charge on any atom is -0.369 e. The molecule has 1 spiro atoms. The number of carbonyl (C=O) groups is 2. The maximum atomic E-state index is 15.1. The van der Waals surface area contributed by atoms with Gasteiger partial charge in [-0.2, -0.15) is 0 Å². The number of carbonyl (C=O) groups excluding carboxylic acids is 2. The Kier molecular flexibility index (Phi) is 6.05. The summed E-state index contributed by atoms with van der Waals surface area (Å²) in [6, 6.07) is 5.43. The summed E-state index contributed by atoms with van der Waals surface area (Å²) in [6.07, 6.45) is 5.25. The quantitative estimate of drug-likeness (QED) is 0.520. The van der Waals surface area contributed by atoms with Crippen LogP contribution in [0.2, 0.25) is 0 Å². The number of amides is 2. The van der Waals surface area contributed by atoms with E-state index in [0.717, 1.165) is 65.0 Å². The summed E-state index contributed by atoms with van der Waals surface area (Å²) in [4.78, 5) is 30.1. The fourth-order valence-corrected chi connectivity index (χ4v) is 6.07. The lowest BCUT2D eigenvalue weighted by Gasteiger charge is -2.57. The number of nitrogens with two attached hydrogens (primary N) is 1. The van der Waals surface area contributed by atoms with E-state index in [1.165, 1.54) is 6.07 Å². The van der Waals surface area contributed by atoms with E-state index in [2.05, 4.69) is 15.1 Å². The van der Waals surface area contributed by atoms with Gasteiger partial charge in [0.2, 0.25) is 11.8 Å². The summed E-state index contributed by atoms with van der Waals surface area (Å²) in [5.74, 6) is 5.08. The van der Waals surface area contributed by atoms with Crippen LogP contribution in [-0.2, 0) is 9.59 Å². The van der Waals surface area contributed by atoms with E-state index in [4.69, 9.17) is 5.84 Å². The van der Waals surface area contributed by atoms with Crippen LogP contribution in [0.1, 0.15) is 38.5 Å². The van der Waals surface area contributed by atoms with Gasteiger partial charge in [0, 0.05) is 64.5 Å². The van der Waals surface area contributed by atoms with Crippen molar-refractivity contribution in [3.63, 3.8) is 0 Å². The van der Waals surface area contributed by atoms with Crippen LogP contribution in [0.15, 0.2) is 18.2 Å². The molecular formula is C24H35FN6O2. The smallest absolute Gasteiger partial charge is 0.249 e.